The van der Waals surface area contributed by atoms with Crippen LogP contribution in [0.25, 0.3) is 10.1 Å². The molecule has 1 saturated heterocycles. The zero-order valence-electron chi connectivity index (χ0n) is 13.3. The second-order valence-electron chi connectivity index (χ2n) is 6.07. The van der Waals surface area contributed by atoms with E-state index < -0.39 is 11.0 Å². The van der Waals surface area contributed by atoms with Gasteiger partial charge in [0.2, 0.25) is 5.91 Å². The molecule has 1 aliphatic heterocycles. The summed E-state index contributed by atoms with van der Waals surface area (Å²) in [6.07, 6.45) is 0. The van der Waals surface area contributed by atoms with Gasteiger partial charge < -0.3 is 10.2 Å². The van der Waals surface area contributed by atoms with Crippen LogP contribution in [0.2, 0.25) is 0 Å². The van der Waals surface area contributed by atoms with Crippen molar-refractivity contribution in [1.29, 1.82) is 0 Å². The molecule has 1 aromatic carbocycles. The van der Waals surface area contributed by atoms with Gasteiger partial charge in [-0.1, -0.05) is 13.8 Å². The number of hydrogen-bond donors (Lipinski definition) is 1. The molecule has 126 valence electrons. The Labute approximate surface area is 142 Å². The summed E-state index contributed by atoms with van der Waals surface area (Å²) in [7, 11) is 0. The molecule has 1 N–H and O–H groups in total. The Morgan fingerprint density at radius 2 is 2.17 bits per heavy atom. The summed E-state index contributed by atoms with van der Waals surface area (Å²) in [5, 5.41) is 14.3. The average molecular weight is 347 g/mol. The number of nitro benzene ring substituents is 1. The predicted molar refractivity (Wildman–Crippen MR) is 91.2 cm³/mol. The molecule has 3 rings (SSSR count). The maximum atomic E-state index is 12.9. The van der Waals surface area contributed by atoms with Crippen LogP contribution >= 0.6 is 11.3 Å². The first-order valence-corrected chi connectivity index (χ1v) is 8.47. The van der Waals surface area contributed by atoms with Gasteiger partial charge in [-0.3, -0.25) is 19.7 Å². The molecule has 2 amide bonds. The van der Waals surface area contributed by atoms with E-state index in [1.807, 2.05) is 13.8 Å². The number of nitrogens with zero attached hydrogens (tertiary/aromatic N) is 2. The highest BCUT2D eigenvalue weighted by Crippen LogP contribution is 2.30. The molecule has 0 spiro atoms. The van der Waals surface area contributed by atoms with E-state index in [9.17, 15) is 19.7 Å². The van der Waals surface area contributed by atoms with Crippen molar-refractivity contribution in [2.45, 2.75) is 19.9 Å². The monoisotopic (exact) mass is 347 g/mol. The van der Waals surface area contributed by atoms with Crippen LogP contribution in [0.1, 0.15) is 23.5 Å². The second kappa shape index (κ2) is 6.20. The van der Waals surface area contributed by atoms with E-state index in [2.05, 4.69) is 5.32 Å². The molecular weight excluding hydrogens is 330 g/mol. The Morgan fingerprint density at radius 1 is 1.42 bits per heavy atom. The number of non-ortho nitro benzene ring substituents is 1. The van der Waals surface area contributed by atoms with Crippen LogP contribution in [0, 0.1) is 16.0 Å². The maximum absolute atomic E-state index is 12.9. The number of rotatable bonds is 3. The van der Waals surface area contributed by atoms with E-state index in [1.165, 1.54) is 23.5 Å². The number of benzene rings is 1. The lowest BCUT2D eigenvalue weighted by molar-refractivity contribution is -0.384. The largest absolute Gasteiger partial charge is 0.353 e. The third-order valence-electron chi connectivity index (χ3n) is 4.07. The number of carbonyl (C=O) groups excluding carboxylic acids is 2. The fraction of sp³-hybridized carbons (Fsp3) is 0.375. The van der Waals surface area contributed by atoms with E-state index in [1.54, 1.807) is 17.0 Å². The normalized spacial score (nSPS) is 18.0. The summed E-state index contributed by atoms with van der Waals surface area (Å²) in [6.45, 7) is 4.71. The summed E-state index contributed by atoms with van der Waals surface area (Å²) >= 11 is 1.29. The fourth-order valence-corrected chi connectivity index (χ4v) is 3.97. The Morgan fingerprint density at radius 3 is 2.83 bits per heavy atom. The van der Waals surface area contributed by atoms with Gasteiger partial charge in [0.05, 0.1) is 9.80 Å². The lowest BCUT2D eigenvalue weighted by atomic mass is 9.99. The van der Waals surface area contributed by atoms with Crippen molar-refractivity contribution in [3.05, 3.63) is 39.3 Å². The number of amides is 2. The average Bonchev–Trinajstić information content (AvgIpc) is 2.96. The first-order valence-electron chi connectivity index (χ1n) is 7.65. The third kappa shape index (κ3) is 2.84. The van der Waals surface area contributed by atoms with Crippen molar-refractivity contribution in [1.82, 2.24) is 10.2 Å². The molecule has 0 radical (unpaired) electrons. The Balaban J connectivity index is 1.95. The molecular formula is C16H17N3O4S. The van der Waals surface area contributed by atoms with Gasteiger partial charge in [-0.05, 0) is 18.1 Å². The fourth-order valence-electron chi connectivity index (χ4n) is 2.97. The zero-order valence-corrected chi connectivity index (χ0v) is 14.1. The van der Waals surface area contributed by atoms with Crippen LogP contribution in [0.15, 0.2) is 24.3 Å². The molecule has 0 unspecified atom stereocenters. The van der Waals surface area contributed by atoms with Crippen molar-refractivity contribution in [3.8, 4) is 0 Å². The van der Waals surface area contributed by atoms with Crippen LogP contribution < -0.4 is 5.32 Å². The van der Waals surface area contributed by atoms with Gasteiger partial charge in [0.15, 0.2) is 0 Å². The first kappa shape index (κ1) is 16.4. The van der Waals surface area contributed by atoms with Crippen LogP contribution in [-0.2, 0) is 4.79 Å². The molecule has 1 fully saturated rings. The van der Waals surface area contributed by atoms with Gasteiger partial charge in [0, 0.05) is 35.3 Å². The van der Waals surface area contributed by atoms with E-state index in [-0.39, 0.29) is 23.4 Å². The van der Waals surface area contributed by atoms with Crippen molar-refractivity contribution in [2.24, 2.45) is 5.92 Å². The first-order chi connectivity index (χ1) is 11.4. The number of hydrogen-bond acceptors (Lipinski definition) is 5. The summed E-state index contributed by atoms with van der Waals surface area (Å²) in [5.74, 6) is -0.335. The second-order valence-corrected chi connectivity index (χ2v) is 7.15. The Hall–Kier alpha value is -2.48. The minimum Gasteiger partial charge on any atom is -0.353 e. The summed E-state index contributed by atoms with van der Waals surface area (Å²) in [4.78, 5) is 37.5. The number of nitrogens with one attached hydrogen (secondary N) is 1. The van der Waals surface area contributed by atoms with Gasteiger partial charge in [0.25, 0.3) is 11.6 Å². The highest BCUT2D eigenvalue weighted by Gasteiger charge is 2.36. The van der Waals surface area contributed by atoms with Crippen LogP contribution in [0.3, 0.4) is 0 Å². The lowest BCUT2D eigenvalue weighted by Crippen LogP contribution is -2.59. The van der Waals surface area contributed by atoms with Crippen molar-refractivity contribution < 1.29 is 14.5 Å². The van der Waals surface area contributed by atoms with Crippen molar-refractivity contribution in [3.63, 3.8) is 0 Å². The van der Waals surface area contributed by atoms with Gasteiger partial charge in [-0.2, -0.15) is 0 Å². The minimum absolute atomic E-state index is 0.00305. The van der Waals surface area contributed by atoms with Crippen LogP contribution in [0.4, 0.5) is 5.69 Å². The van der Waals surface area contributed by atoms with Gasteiger partial charge in [-0.15, -0.1) is 11.3 Å². The molecule has 0 bridgehead atoms. The standard InChI is InChI=1S/C16H17N3O4S/c1-9(2)14-15(20)17-5-6-18(14)16(21)13-8-10-7-11(19(22)23)3-4-12(10)24-13/h3-4,7-9,14H,5-6H2,1-2H3,(H,17,20)/t14-/m0/s1. The minimum atomic E-state index is -0.495. The van der Waals surface area contributed by atoms with Gasteiger partial charge in [0.1, 0.15) is 6.04 Å². The van der Waals surface area contributed by atoms with Gasteiger partial charge in [-0.25, -0.2) is 0 Å². The van der Waals surface area contributed by atoms with Crippen LogP contribution in [0.5, 0.6) is 0 Å². The summed E-state index contributed by atoms with van der Waals surface area (Å²) in [5.41, 5.74) is -0.00305. The van der Waals surface area contributed by atoms with E-state index >= 15 is 0 Å². The number of nitro groups is 1. The van der Waals surface area contributed by atoms with Crippen LogP contribution in [-0.4, -0.2) is 40.8 Å². The molecule has 1 aromatic heterocycles. The SMILES string of the molecule is CC(C)[C@H]1C(=O)NCCN1C(=O)c1cc2cc([N+](=O)[O-])ccc2s1. The van der Waals surface area contributed by atoms with E-state index in [4.69, 9.17) is 0 Å². The molecule has 7 nitrogen and oxygen atoms in total. The number of carbonyl (C=O) groups is 2. The third-order valence-corrected chi connectivity index (χ3v) is 5.17. The van der Waals surface area contributed by atoms with E-state index in [0.29, 0.717) is 23.4 Å². The lowest BCUT2D eigenvalue weighted by Gasteiger charge is -2.37. The Kier molecular flexibility index (Phi) is 4.23. The predicted octanol–water partition coefficient (Wildman–Crippen LogP) is 2.41. The Bertz CT molecular complexity index is 830. The molecule has 2 heterocycles. The molecule has 1 atom stereocenters. The van der Waals surface area contributed by atoms with Crippen molar-refractivity contribution in [2.75, 3.05) is 13.1 Å². The smallest absolute Gasteiger partial charge is 0.270 e. The topological polar surface area (TPSA) is 92.6 Å². The maximum Gasteiger partial charge on any atom is 0.270 e. The molecule has 0 saturated carbocycles. The molecule has 1 aliphatic rings. The summed E-state index contributed by atoms with van der Waals surface area (Å²) in [6, 6.07) is 5.71. The highest BCUT2D eigenvalue weighted by molar-refractivity contribution is 7.20. The number of fused-ring (bicyclic) bond motifs is 1. The molecule has 0 aliphatic carbocycles. The van der Waals surface area contributed by atoms with Crippen molar-refractivity contribution >= 4 is 38.9 Å². The number of thiophene rings is 1. The summed E-state index contributed by atoms with van der Waals surface area (Å²) < 4.78 is 0.812. The highest BCUT2D eigenvalue weighted by atomic mass is 32.1. The molecule has 8 heteroatoms. The number of piperazine rings is 1. The zero-order chi connectivity index (χ0) is 17.4. The quantitative estimate of drug-likeness (QED) is 0.681. The molecule has 24 heavy (non-hydrogen) atoms. The van der Waals surface area contributed by atoms with Gasteiger partial charge >= 0.3 is 0 Å². The van der Waals surface area contributed by atoms with E-state index in [0.717, 1.165) is 4.70 Å². The molecule has 2 aromatic rings.